The summed E-state index contributed by atoms with van der Waals surface area (Å²) in [5.41, 5.74) is 10.9. The lowest BCUT2D eigenvalue weighted by molar-refractivity contribution is -0.154. The molecule has 1 aliphatic carbocycles. The highest BCUT2D eigenvalue weighted by Gasteiger charge is 2.30. The quantitative estimate of drug-likeness (QED) is 0.124. The number of ether oxygens (including phenoxy) is 3. The number of carbonyl (C=O) groups is 2. The van der Waals surface area contributed by atoms with Gasteiger partial charge in [-0.25, -0.2) is 9.59 Å². The minimum Gasteiger partial charge on any atom is -0.490 e. The Morgan fingerprint density at radius 1 is 0.804 bits per heavy atom. The van der Waals surface area contributed by atoms with Gasteiger partial charge in [-0.15, -0.1) is 0 Å². The van der Waals surface area contributed by atoms with Gasteiger partial charge in [0, 0.05) is 28.7 Å². The molecule has 6 nitrogen and oxygen atoms in total. The first-order valence-corrected chi connectivity index (χ1v) is 15.6. The Labute approximate surface area is 271 Å². The number of nitrogens with zero attached hydrogens (tertiary/aromatic N) is 1. The van der Waals surface area contributed by atoms with Gasteiger partial charge in [0.25, 0.3) is 0 Å². The van der Waals surface area contributed by atoms with Gasteiger partial charge in [-0.3, -0.25) is 0 Å². The fraction of sp³-hybridized carbons (Fsp3) is 0.250. The first-order chi connectivity index (χ1) is 22.0. The number of hydrogen-bond acceptors (Lipinski definition) is 6. The van der Waals surface area contributed by atoms with Crippen molar-refractivity contribution in [3.05, 3.63) is 132 Å². The second-order valence-electron chi connectivity index (χ2n) is 12.1. The van der Waals surface area contributed by atoms with E-state index in [-0.39, 0.29) is 30.6 Å². The van der Waals surface area contributed by atoms with Gasteiger partial charge >= 0.3 is 11.9 Å². The van der Waals surface area contributed by atoms with E-state index in [0.717, 1.165) is 23.1 Å². The standard InChI is InChI=1S/C40H41NO5/c1-8-39(42)46-34(24-45-40(43)25(2)3)23-44-33-16-18-36-35-17-15-32(21-37(35)28(6)29(7)38(36)22-33)41(30-13-9-11-26(4)19-30)31-14-10-12-27(5)20-31/h8-22,28-29,34H,1-2,23-24H2,3-7H3. The summed E-state index contributed by atoms with van der Waals surface area (Å²) in [5.74, 6) is -0.0593. The molecule has 0 spiro atoms. The second kappa shape index (κ2) is 13.9. The molecule has 6 heteroatoms. The van der Waals surface area contributed by atoms with Gasteiger partial charge in [0.15, 0.2) is 6.10 Å². The van der Waals surface area contributed by atoms with Gasteiger partial charge < -0.3 is 19.1 Å². The van der Waals surface area contributed by atoms with Crippen molar-refractivity contribution in [2.24, 2.45) is 0 Å². The van der Waals surface area contributed by atoms with Crippen LogP contribution in [0.1, 0.15) is 54.9 Å². The molecule has 236 valence electrons. The summed E-state index contributed by atoms with van der Waals surface area (Å²) in [4.78, 5) is 26.1. The van der Waals surface area contributed by atoms with Crippen molar-refractivity contribution >= 4 is 29.0 Å². The van der Waals surface area contributed by atoms with E-state index < -0.39 is 18.0 Å². The van der Waals surface area contributed by atoms with Crippen LogP contribution in [0.15, 0.2) is 110 Å². The molecular formula is C40H41NO5. The van der Waals surface area contributed by atoms with Gasteiger partial charge in [0.1, 0.15) is 19.0 Å². The smallest absolute Gasteiger partial charge is 0.333 e. The molecule has 4 aromatic rings. The predicted octanol–water partition coefficient (Wildman–Crippen LogP) is 9.26. The number of esters is 2. The number of carbonyl (C=O) groups excluding carboxylic acids is 2. The molecule has 0 saturated carbocycles. The molecule has 3 atom stereocenters. The van der Waals surface area contributed by atoms with E-state index in [1.807, 2.05) is 6.07 Å². The summed E-state index contributed by atoms with van der Waals surface area (Å²) in [6.07, 6.45) is 0.268. The maximum atomic E-state index is 11.9. The monoisotopic (exact) mass is 615 g/mol. The van der Waals surface area contributed by atoms with E-state index in [9.17, 15) is 9.59 Å². The molecular weight excluding hydrogens is 574 g/mol. The molecule has 0 aromatic heterocycles. The Bertz CT molecular complexity index is 1740. The molecule has 0 bridgehead atoms. The zero-order valence-electron chi connectivity index (χ0n) is 27.2. The van der Waals surface area contributed by atoms with Crippen LogP contribution in [0.2, 0.25) is 0 Å². The number of hydrogen-bond donors (Lipinski definition) is 0. The average molecular weight is 616 g/mol. The molecule has 0 fully saturated rings. The van der Waals surface area contributed by atoms with Crippen LogP contribution in [-0.2, 0) is 19.1 Å². The minimum atomic E-state index is -0.801. The molecule has 0 saturated heterocycles. The fourth-order valence-corrected chi connectivity index (χ4v) is 5.89. The summed E-state index contributed by atoms with van der Waals surface area (Å²) in [6, 6.07) is 30.0. The van der Waals surface area contributed by atoms with Crippen molar-refractivity contribution in [3.63, 3.8) is 0 Å². The SMILES string of the molecule is C=CC(=O)OC(COC(=O)C(=C)C)COc1ccc2c(c1)C(C)C(C)c1cc(N(c3cccc(C)c3)c3cccc(C)c3)ccc1-2. The number of aryl methyl sites for hydroxylation is 2. The van der Waals surface area contributed by atoms with Crippen molar-refractivity contribution < 1.29 is 23.8 Å². The Hall–Kier alpha value is -5.10. The maximum absolute atomic E-state index is 11.9. The molecule has 1 aliphatic rings. The molecule has 4 aromatic carbocycles. The normalized spacial score (nSPS) is 15.5. The molecule has 5 rings (SSSR count). The van der Waals surface area contributed by atoms with Crippen LogP contribution in [0.3, 0.4) is 0 Å². The van der Waals surface area contributed by atoms with Crippen molar-refractivity contribution in [2.75, 3.05) is 18.1 Å². The lowest BCUT2D eigenvalue weighted by Gasteiger charge is -2.34. The zero-order valence-corrected chi connectivity index (χ0v) is 27.2. The Morgan fingerprint density at radius 2 is 1.37 bits per heavy atom. The van der Waals surface area contributed by atoms with Gasteiger partial charge in [0.05, 0.1) is 0 Å². The predicted molar refractivity (Wildman–Crippen MR) is 184 cm³/mol. The summed E-state index contributed by atoms with van der Waals surface area (Å²) >= 11 is 0. The van der Waals surface area contributed by atoms with Crippen LogP contribution < -0.4 is 9.64 Å². The molecule has 3 unspecified atom stereocenters. The third-order valence-electron chi connectivity index (χ3n) is 8.49. The second-order valence-corrected chi connectivity index (χ2v) is 12.1. The zero-order chi connectivity index (χ0) is 33.0. The van der Waals surface area contributed by atoms with Crippen molar-refractivity contribution in [1.82, 2.24) is 0 Å². The minimum absolute atomic E-state index is 0.0134. The number of benzene rings is 4. The van der Waals surface area contributed by atoms with Crippen LogP contribution in [0, 0.1) is 13.8 Å². The highest BCUT2D eigenvalue weighted by Crippen LogP contribution is 2.49. The van der Waals surface area contributed by atoms with Crippen LogP contribution in [0.25, 0.3) is 11.1 Å². The van der Waals surface area contributed by atoms with E-state index in [2.05, 4.69) is 125 Å². The summed E-state index contributed by atoms with van der Waals surface area (Å²) in [5, 5.41) is 0. The van der Waals surface area contributed by atoms with Crippen LogP contribution in [-0.4, -0.2) is 31.3 Å². The van der Waals surface area contributed by atoms with Gasteiger partial charge in [-0.1, -0.05) is 63.4 Å². The lowest BCUT2D eigenvalue weighted by Crippen LogP contribution is -2.30. The topological polar surface area (TPSA) is 65.1 Å². The van der Waals surface area contributed by atoms with Gasteiger partial charge in [0.2, 0.25) is 0 Å². The van der Waals surface area contributed by atoms with E-state index in [0.29, 0.717) is 5.75 Å². The van der Waals surface area contributed by atoms with Gasteiger partial charge in [-0.05, 0) is 115 Å². The number of anilines is 3. The summed E-state index contributed by atoms with van der Waals surface area (Å²) in [6.45, 7) is 17.2. The highest BCUT2D eigenvalue weighted by atomic mass is 16.6. The summed E-state index contributed by atoms with van der Waals surface area (Å²) < 4.78 is 16.7. The van der Waals surface area contributed by atoms with Crippen molar-refractivity contribution in [3.8, 4) is 16.9 Å². The fourth-order valence-electron chi connectivity index (χ4n) is 5.89. The lowest BCUT2D eigenvalue weighted by atomic mass is 9.73. The van der Waals surface area contributed by atoms with Crippen LogP contribution in [0.4, 0.5) is 17.1 Å². The van der Waals surface area contributed by atoms with Gasteiger partial charge in [-0.2, -0.15) is 0 Å². The third kappa shape index (κ3) is 7.07. The van der Waals surface area contributed by atoms with E-state index >= 15 is 0 Å². The molecule has 46 heavy (non-hydrogen) atoms. The third-order valence-corrected chi connectivity index (χ3v) is 8.49. The molecule has 0 heterocycles. The highest BCUT2D eigenvalue weighted by molar-refractivity contribution is 5.87. The molecule has 0 aliphatic heterocycles. The van der Waals surface area contributed by atoms with Crippen molar-refractivity contribution in [1.29, 1.82) is 0 Å². The van der Waals surface area contributed by atoms with E-state index in [1.165, 1.54) is 33.4 Å². The van der Waals surface area contributed by atoms with Crippen molar-refractivity contribution in [2.45, 2.75) is 52.6 Å². The molecule has 0 N–H and O–H groups in total. The average Bonchev–Trinajstić information content (AvgIpc) is 3.04. The first-order valence-electron chi connectivity index (χ1n) is 15.6. The number of fused-ring (bicyclic) bond motifs is 3. The Balaban J connectivity index is 1.44. The largest absolute Gasteiger partial charge is 0.490 e. The molecule has 0 radical (unpaired) electrons. The summed E-state index contributed by atoms with van der Waals surface area (Å²) in [7, 11) is 0. The number of rotatable bonds is 11. The van der Waals surface area contributed by atoms with Crippen LogP contribution in [0.5, 0.6) is 5.75 Å². The van der Waals surface area contributed by atoms with E-state index in [4.69, 9.17) is 14.2 Å². The van der Waals surface area contributed by atoms with Crippen LogP contribution >= 0.6 is 0 Å². The van der Waals surface area contributed by atoms with E-state index in [1.54, 1.807) is 6.92 Å². The Kier molecular flexibility index (Phi) is 9.76. The maximum Gasteiger partial charge on any atom is 0.333 e. The first kappa shape index (κ1) is 32.3. The molecule has 0 amide bonds. The Morgan fingerprint density at radius 3 is 1.93 bits per heavy atom.